The second-order valence-electron chi connectivity index (χ2n) is 13.0. The number of hydrogen-bond acceptors (Lipinski definition) is 0. The molecule has 0 amide bonds. The van der Waals surface area contributed by atoms with E-state index in [2.05, 4.69) is 172 Å². The Morgan fingerprint density at radius 2 is 0.750 bits per heavy atom. The molecule has 0 spiro atoms. The van der Waals surface area contributed by atoms with Crippen molar-refractivity contribution in [2.45, 2.75) is 26.2 Å². The Balaban J connectivity index is 1.32. The van der Waals surface area contributed by atoms with E-state index >= 15 is 0 Å². The number of fused-ring (bicyclic) bond motifs is 4. The normalized spacial score (nSPS) is 12.0. The summed E-state index contributed by atoms with van der Waals surface area (Å²) < 4.78 is 0. The van der Waals surface area contributed by atoms with Gasteiger partial charge in [0.1, 0.15) is 0 Å². The fourth-order valence-corrected chi connectivity index (χ4v) is 7.05. The van der Waals surface area contributed by atoms with E-state index in [9.17, 15) is 0 Å². The van der Waals surface area contributed by atoms with Crippen molar-refractivity contribution in [1.82, 2.24) is 0 Å². The topological polar surface area (TPSA) is 0 Å². The first-order chi connectivity index (χ1) is 21.4. The van der Waals surface area contributed by atoms with Crippen molar-refractivity contribution in [2.24, 2.45) is 0 Å². The van der Waals surface area contributed by atoms with Crippen LogP contribution < -0.4 is 0 Å². The van der Waals surface area contributed by atoms with Crippen LogP contribution in [0.15, 0.2) is 152 Å². The summed E-state index contributed by atoms with van der Waals surface area (Å²) in [7, 11) is 0. The molecule has 0 saturated carbocycles. The van der Waals surface area contributed by atoms with Gasteiger partial charge in [0.15, 0.2) is 0 Å². The van der Waals surface area contributed by atoms with Crippen LogP contribution in [-0.4, -0.2) is 0 Å². The molecule has 0 bridgehead atoms. The van der Waals surface area contributed by atoms with Crippen molar-refractivity contribution in [1.29, 1.82) is 0 Å². The molecule has 0 nitrogen and oxygen atoms in total. The van der Waals surface area contributed by atoms with E-state index in [0.717, 1.165) is 0 Å². The maximum atomic E-state index is 2.43. The first kappa shape index (κ1) is 26.4. The standard InChI is InChI=1S/C44H34/c1-44(2,3)43-40-15-9-8-14-38(40)42(37-23-21-30-11-5-7-13-34(30)27-37)39-25-24-36(28-41(39)43)32-18-16-31(17-19-32)35-22-20-29-10-4-6-12-33(29)26-35/h4-28H,1-3H3. The summed E-state index contributed by atoms with van der Waals surface area (Å²) in [4.78, 5) is 0. The van der Waals surface area contributed by atoms with Gasteiger partial charge in [0.25, 0.3) is 0 Å². The molecule has 0 unspecified atom stereocenters. The molecular weight excluding hydrogens is 528 g/mol. The smallest absolute Gasteiger partial charge is 0.00264 e. The summed E-state index contributed by atoms with van der Waals surface area (Å²) in [6.07, 6.45) is 0. The molecule has 0 heterocycles. The van der Waals surface area contributed by atoms with Gasteiger partial charge in [-0.1, -0.05) is 154 Å². The Morgan fingerprint density at radius 1 is 0.318 bits per heavy atom. The lowest BCUT2D eigenvalue weighted by Crippen LogP contribution is -2.13. The maximum Gasteiger partial charge on any atom is -0.00264 e. The molecule has 0 radical (unpaired) electrons. The molecule has 0 aliphatic carbocycles. The van der Waals surface area contributed by atoms with Crippen molar-refractivity contribution >= 4 is 43.1 Å². The van der Waals surface area contributed by atoms with Crippen molar-refractivity contribution in [3.05, 3.63) is 157 Å². The van der Waals surface area contributed by atoms with Gasteiger partial charge in [0.2, 0.25) is 0 Å². The minimum absolute atomic E-state index is 0.0294. The molecule has 0 atom stereocenters. The van der Waals surface area contributed by atoms with Crippen LogP contribution in [0.1, 0.15) is 26.3 Å². The SMILES string of the molecule is CC(C)(C)c1c2ccccc2c(-c2ccc3ccccc3c2)c2ccc(-c3ccc(-c4ccc5ccccc5c4)cc3)cc12. The second kappa shape index (κ2) is 10.2. The minimum atomic E-state index is -0.0294. The van der Waals surface area contributed by atoms with Gasteiger partial charge in [-0.05, 0) is 106 Å². The van der Waals surface area contributed by atoms with Crippen molar-refractivity contribution in [3.63, 3.8) is 0 Å². The maximum absolute atomic E-state index is 2.43. The van der Waals surface area contributed by atoms with Crippen molar-refractivity contribution in [2.75, 3.05) is 0 Å². The molecule has 0 aliphatic rings. The average molecular weight is 563 g/mol. The summed E-state index contributed by atoms with van der Waals surface area (Å²) >= 11 is 0. The molecular formula is C44H34. The van der Waals surface area contributed by atoms with E-state index in [1.807, 2.05) is 0 Å². The summed E-state index contributed by atoms with van der Waals surface area (Å²) in [6, 6.07) is 56.0. The van der Waals surface area contributed by atoms with Crippen LogP contribution in [0.2, 0.25) is 0 Å². The van der Waals surface area contributed by atoms with Gasteiger partial charge < -0.3 is 0 Å². The molecule has 210 valence electrons. The fourth-order valence-electron chi connectivity index (χ4n) is 7.05. The quantitative estimate of drug-likeness (QED) is 0.188. The summed E-state index contributed by atoms with van der Waals surface area (Å²) in [5, 5.41) is 10.4. The molecule has 0 fully saturated rings. The highest BCUT2D eigenvalue weighted by Gasteiger charge is 2.24. The zero-order valence-corrected chi connectivity index (χ0v) is 25.4. The van der Waals surface area contributed by atoms with E-state index in [1.54, 1.807) is 0 Å². The van der Waals surface area contributed by atoms with Gasteiger partial charge in [-0.2, -0.15) is 0 Å². The molecule has 0 N–H and O–H groups in total. The second-order valence-corrected chi connectivity index (χ2v) is 13.0. The Kier molecular flexibility index (Phi) is 6.13. The van der Waals surface area contributed by atoms with E-state index in [1.165, 1.54) is 82.0 Å². The number of benzene rings is 8. The Labute approximate surface area is 259 Å². The van der Waals surface area contributed by atoms with Gasteiger partial charge in [-0.3, -0.25) is 0 Å². The van der Waals surface area contributed by atoms with Gasteiger partial charge in [-0.15, -0.1) is 0 Å². The third kappa shape index (κ3) is 4.46. The van der Waals surface area contributed by atoms with Gasteiger partial charge in [0, 0.05) is 0 Å². The van der Waals surface area contributed by atoms with Crippen LogP contribution in [-0.2, 0) is 5.41 Å². The first-order valence-corrected chi connectivity index (χ1v) is 15.5. The molecule has 0 saturated heterocycles. The summed E-state index contributed by atoms with van der Waals surface area (Å²) in [5.41, 5.74) is 8.91. The molecule has 8 aromatic rings. The van der Waals surface area contributed by atoms with Crippen LogP contribution in [0.3, 0.4) is 0 Å². The minimum Gasteiger partial charge on any atom is -0.0616 e. The van der Waals surface area contributed by atoms with E-state index in [0.29, 0.717) is 0 Å². The lowest BCUT2D eigenvalue weighted by atomic mass is 9.77. The Morgan fingerprint density at radius 3 is 1.36 bits per heavy atom. The van der Waals surface area contributed by atoms with E-state index < -0.39 is 0 Å². The predicted molar refractivity (Wildman–Crippen MR) is 191 cm³/mol. The van der Waals surface area contributed by atoms with Crippen LogP contribution >= 0.6 is 0 Å². The highest BCUT2D eigenvalue weighted by molar-refractivity contribution is 6.16. The van der Waals surface area contributed by atoms with Crippen LogP contribution in [0.4, 0.5) is 0 Å². The zero-order chi connectivity index (χ0) is 29.8. The monoisotopic (exact) mass is 562 g/mol. The Hall–Kier alpha value is -5.20. The third-order valence-corrected chi connectivity index (χ3v) is 9.11. The fraction of sp³-hybridized carbons (Fsp3) is 0.0909. The van der Waals surface area contributed by atoms with Gasteiger partial charge >= 0.3 is 0 Å². The number of hydrogen-bond donors (Lipinski definition) is 0. The average Bonchev–Trinajstić information content (AvgIpc) is 3.06. The highest BCUT2D eigenvalue weighted by Crippen LogP contribution is 2.45. The third-order valence-electron chi connectivity index (χ3n) is 9.11. The van der Waals surface area contributed by atoms with Crippen LogP contribution in [0, 0.1) is 0 Å². The van der Waals surface area contributed by atoms with E-state index in [4.69, 9.17) is 0 Å². The van der Waals surface area contributed by atoms with Gasteiger partial charge in [-0.25, -0.2) is 0 Å². The molecule has 44 heavy (non-hydrogen) atoms. The van der Waals surface area contributed by atoms with Crippen LogP contribution in [0.25, 0.3) is 76.5 Å². The largest absolute Gasteiger partial charge is 0.0616 e. The molecule has 0 aromatic heterocycles. The van der Waals surface area contributed by atoms with Crippen molar-refractivity contribution < 1.29 is 0 Å². The molecule has 8 aromatic carbocycles. The molecule has 0 aliphatic heterocycles. The first-order valence-electron chi connectivity index (χ1n) is 15.5. The summed E-state index contributed by atoms with van der Waals surface area (Å²) in [5.74, 6) is 0. The Bertz CT molecular complexity index is 2350. The highest BCUT2D eigenvalue weighted by atomic mass is 14.3. The van der Waals surface area contributed by atoms with Crippen molar-refractivity contribution in [3.8, 4) is 33.4 Å². The lowest BCUT2D eigenvalue weighted by Gasteiger charge is -2.26. The predicted octanol–water partition coefficient (Wildman–Crippen LogP) is 12.6. The summed E-state index contributed by atoms with van der Waals surface area (Å²) in [6.45, 7) is 7.03. The zero-order valence-electron chi connectivity index (χ0n) is 25.4. The van der Waals surface area contributed by atoms with Gasteiger partial charge in [0.05, 0.1) is 0 Å². The molecule has 0 heteroatoms. The number of rotatable bonds is 3. The van der Waals surface area contributed by atoms with Crippen LogP contribution in [0.5, 0.6) is 0 Å². The lowest BCUT2D eigenvalue weighted by molar-refractivity contribution is 0.601. The molecule has 8 rings (SSSR count). The van der Waals surface area contributed by atoms with E-state index in [-0.39, 0.29) is 5.41 Å².